The zero-order valence-electron chi connectivity index (χ0n) is 21.6. The van der Waals surface area contributed by atoms with Crippen molar-refractivity contribution in [1.29, 1.82) is 0 Å². The fourth-order valence-corrected chi connectivity index (χ4v) is 7.94. The van der Waals surface area contributed by atoms with Gasteiger partial charge in [0.25, 0.3) is 0 Å². The molecule has 0 aromatic carbocycles. The highest BCUT2D eigenvalue weighted by molar-refractivity contribution is 5.87. The summed E-state index contributed by atoms with van der Waals surface area (Å²) in [6, 6.07) is 0. The van der Waals surface area contributed by atoms with Crippen LogP contribution in [0.15, 0.2) is 11.6 Å². The quantitative estimate of drug-likeness (QED) is 0.355. The van der Waals surface area contributed by atoms with E-state index in [0.29, 0.717) is 37.4 Å². The molecular weight excluding hydrogens is 452 g/mol. The van der Waals surface area contributed by atoms with Crippen molar-refractivity contribution in [2.75, 3.05) is 19.8 Å². The third kappa shape index (κ3) is 3.70. The Morgan fingerprint density at radius 1 is 1.20 bits per heavy atom. The molecule has 1 spiro atoms. The average Bonchev–Trinajstić information content (AvgIpc) is 3.27. The van der Waals surface area contributed by atoms with E-state index in [9.17, 15) is 14.7 Å². The van der Waals surface area contributed by atoms with Crippen LogP contribution in [0, 0.1) is 28.6 Å². The van der Waals surface area contributed by atoms with Crippen molar-refractivity contribution in [1.82, 2.24) is 0 Å². The first kappa shape index (κ1) is 25.2. The molecule has 8 nitrogen and oxygen atoms in total. The van der Waals surface area contributed by atoms with Crippen LogP contribution in [0.5, 0.6) is 0 Å². The Bertz CT molecular complexity index is 884. The van der Waals surface area contributed by atoms with Gasteiger partial charge in [0.15, 0.2) is 6.29 Å². The molecule has 196 valence electrons. The minimum atomic E-state index is -0.872. The lowest BCUT2D eigenvalue weighted by molar-refractivity contribution is -0.276. The number of aliphatic hydroxyl groups is 1. The minimum absolute atomic E-state index is 0.0229. The zero-order valence-corrected chi connectivity index (χ0v) is 21.6. The predicted molar refractivity (Wildman–Crippen MR) is 125 cm³/mol. The molecule has 0 aromatic rings. The van der Waals surface area contributed by atoms with Gasteiger partial charge in [-0.15, -0.1) is 0 Å². The summed E-state index contributed by atoms with van der Waals surface area (Å²) in [4.78, 5) is 25.1. The van der Waals surface area contributed by atoms with E-state index in [-0.39, 0.29) is 36.8 Å². The van der Waals surface area contributed by atoms with Gasteiger partial charge in [-0.3, -0.25) is 4.79 Å². The lowest BCUT2D eigenvalue weighted by Gasteiger charge is -2.65. The Hall–Kier alpha value is -1.48. The molecule has 1 N–H and O–H groups in total. The van der Waals surface area contributed by atoms with Crippen molar-refractivity contribution in [3.63, 3.8) is 0 Å². The Morgan fingerprint density at radius 2 is 1.94 bits per heavy atom. The second-order valence-corrected chi connectivity index (χ2v) is 11.7. The van der Waals surface area contributed by atoms with Gasteiger partial charge in [0.05, 0.1) is 30.8 Å². The Labute approximate surface area is 207 Å². The molecule has 0 aromatic heterocycles. The van der Waals surface area contributed by atoms with Crippen molar-refractivity contribution in [3.8, 4) is 0 Å². The standard InChI is InChI=1S/C27H40O8/c1-6-15(2)23(30)32-14-27-21(34-17(4)28)11-16(3)25(5,20-12-18-8-10-31-24(18)35-20)22(27)19(29)7-9-26(27)13-33-26/h6,16,18-22,24,29H,7-14H2,1-5H3. The minimum Gasteiger partial charge on any atom is -0.462 e. The number of aliphatic hydroxyl groups excluding tert-OH is 1. The molecule has 5 rings (SSSR count). The Balaban J connectivity index is 1.59. The van der Waals surface area contributed by atoms with Gasteiger partial charge in [0.1, 0.15) is 18.3 Å². The van der Waals surface area contributed by atoms with Gasteiger partial charge in [-0.05, 0) is 51.9 Å². The maximum absolute atomic E-state index is 12.8. The van der Waals surface area contributed by atoms with Crippen LogP contribution in [0.4, 0.5) is 0 Å². The van der Waals surface area contributed by atoms with Gasteiger partial charge in [-0.2, -0.15) is 0 Å². The van der Waals surface area contributed by atoms with Crippen molar-refractivity contribution in [2.24, 2.45) is 28.6 Å². The number of fused-ring (bicyclic) bond motifs is 3. The topological polar surface area (TPSA) is 104 Å². The van der Waals surface area contributed by atoms with E-state index in [1.807, 2.05) is 0 Å². The largest absolute Gasteiger partial charge is 0.462 e. The van der Waals surface area contributed by atoms with Crippen LogP contribution in [-0.2, 0) is 33.3 Å². The molecule has 2 saturated carbocycles. The first-order valence-electron chi connectivity index (χ1n) is 13.2. The monoisotopic (exact) mass is 492 g/mol. The molecule has 2 aliphatic carbocycles. The number of carbonyl (C=O) groups excluding carboxylic acids is 2. The van der Waals surface area contributed by atoms with E-state index in [1.54, 1.807) is 19.9 Å². The van der Waals surface area contributed by atoms with Crippen LogP contribution < -0.4 is 0 Å². The zero-order chi connectivity index (χ0) is 25.2. The average molecular weight is 493 g/mol. The van der Waals surface area contributed by atoms with Crippen molar-refractivity contribution in [3.05, 3.63) is 11.6 Å². The third-order valence-corrected chi connectivity index (χ3v) is 10.2. The van der Waals surface area contributed by atoms with Crippen molar-refractivity contribution < 1.29 is 38.4 Å². The van der Waals surface area contributed by atoms with Crippen LogP contribution in [0.25, 0.3) is 0 Å². The lowest BCUT2D eigenvalue weighted by atomic mass is 9.41. The van der Waals surface area contributed by atoms with E-state index < -0.39 is 34.6 Å². The van der Waals surface area contributed by atoms with Gasteiger partial charge in [0.2, 0.25) is 0 Å². The number of hydrogen-bond donors (Lipinski definition) is 1. The highest BCUT2D eigenvalue weighted by Gasteiger charge is 2.78. The molecule has 5 aliphatic rings. The SMILES string of the molecule is CC=C(C)C(=O)OCC12C(OC(C)=O)CC(C)C(C)(C3CC4CCOC4O3)C1C(O)CCC21CO1. The number of epoxide rings is 1. The Morgan fingerprint density at radius 3 is 2.57 bits per heavy atom. The normalized spacial score (nSPS) is 48.9. The summed E-state index contributed by atoms with van der Waals surface area (Å²) in [5.74, 6) is -0.687. The number of hydrogen-bond acceptors (Lipinski definition) is 8. The van der Waals surface area contributed by atoms with Crippen LogP contribution in [0.1, 0.15) is 66.7 Å². The number of rotatable bonds is 5. The van der Waals surface area contributed by atoms with Crippen LogP contribution in [0.3, 0.4) is 0 Å². The van der Waals surface area contributed by atoms with E-state index in [1.165, 1.54) is 6.92 Å². The fraction of sp³-hybridized carbons (Fsp3) is 0.852. The predicted octanol–water partition coefficient (Wildman–Crippen LogP) is 3.15. The van der Waals surface area contributed by atoms with Crippen molar-refractivity contribution >= 4 is 11.9 Å². The molecule has 35 heavy (non-hydrogen) atoms. The van der Waals surface area contributed by atoms with Gasteiger partial charge < -0.3 is 28.8 Å². The number of carbonyl (C=O) groups is 2. The summed E-state index contributed by atoms with van der Waals surface area (Å²) in [6.07, 6.45) is 3.84. The molecule has 3 aliphatic heterocycles. The van der Waals surface area contributed by atoms with E-state index >= 15 is 0 Å². The molecule has 0 radical (unpaired) electrons. The molecule has 0 bridgehead atoms. The van der Waals surface area contributed by atoms with Crippen molar-refractivity contribution in [2.45, 2.75) is 96.9 Å². The van der Waals surface area contributed by atoms with Gasteiger partial charge in [-0.25, -0.2) is 4.79 Å². The number of ether oxygens (including phenoxy) is 5. The molecule has 0 amide bonds. The van der Waals surface area contributed by atoms with E-state index in [0.717, 1.165) is 19.4 Å². The Kier molecular flexibility index (Phi) is 6.35. The first-order chi connectivity index (χ1) is 16.6. The lowest BCUT2D eigenvalue weighted by Crippen LogP contribution is -2.72. The summed E-state index contributed by atoms with van der Waals surface area (Å²) in [7, 11) is 0. The number of esters is 2. The molecule has 5 fully saturated rings. The third-order valence-electron chi connectivity index (χ3n) is 10.2. The molecule has 10 unspecified atom stereocenters. The second kappa shape index (κ2) is 8.82. The van der Waals surface area contributed by atoms with E-state index in [2.05, 4.69) is 13.8 Å². The first-order valence-corrected chi connectivity index (χ1v) is 13.2. The van der Waals surface area contributed by atoms with Crippen LogP contribution in [-0.4, -0.2) is 67.1 Å². The molecule has 10 atom stereocenters. The van der Waals surface area contributed by atoms with E-state index in [4.69, 9.17) is 23.7 Å². The molecule has 3 saturated heterocycles. The van der Waals surface area contributed by atoms with Gasteiger partial charge in [-0.1, -0.05) is 19.9 Å². The summed E-state index contributed by atoms with van der Waals surface area (Å²) in [5, 5.41) is 11.7. The second-order valence-electron chi connectivity index (χ2n) is 11.7. The van der Waals surface area contributed by atoms with Crippen LogP contribution in [0.2, 0.25) is 0 Å². The maximum atomic E-state index is 12.8. The molecular formula is C27H40O8. The highest BCUT2D eigenvalue weighted by atomic mass is 16.7. The van der Waals surface area contributed by atoms with Crippen LogP contribution >= 0.6 is 0 Å². The van der Waals surface area contributed by atoms with Gasteiger partial charge in [0, 0.05) is 29.7 Å². The number of allylic oxidation sites excluding steroid dienone is 1. The molecule has 8 heteroatoms. The molecule has 3 heterocycles. The maximum Gasteiger partial charge on any atom is 0.333 e. The summed E-state index contributed by atoms with van der Waals surface area (Å²) < 4.78 is 30.5. The summed E-state index contributed by atoms with van der Waals surface area (Å²) in [6.45, 7) is 10.5. The summed E-state index contributed by atoms with van der Waals surface area (Å²) >= 11 is 0. The smallest absolute Gasteiger partial charge is 0.333 e. The highest BCUT2D eigenvalue weighted by Crippen LogP contribution is 2.70. The fourth-order valence-electron chi connectivity index (χ4n) is 7.94. The summed E-state index contributed by atoms with van der Waals surface area (Å²) in [5.41, 5.74) is -1.41. The van der Waals surface area contributed by atoms with Gasteiger partial charge >= 0.3 is 11.9 Å².